The molecule has 1 aliphatic heterocycles. The van der Waals surface area contributed by atoms with Crippen LogP contribution in [-0.2, 0) is 9.59 Å². The number of hydrogen-bond donors (Lipinski definition) is 1. The fourth-order valence-electron chi connectivity index (χ4n) is 2.49. The predicted octanol–water partition coefficient (Wildman–Crippen LogP) is 1.32. The van der Waals surface area contributed by atoms with E-state index >= 15 is 0 Å². The second-order valence-corrected chi connectivity index (χ2v) is 6.62. The highest BCUT2D eigenvalue weighted by atomic mass is 32.1. The van der Waals surface area contributed by atoms with Gasteiger partial charge in [0.2, 0.25) is 0 Å². The standard InChI is InChI=1S/C14H19N3O2S.CO2/c1-9-3-2-6-17(9)14(19)11-8-20-13(16-11)12(18)15-7-10-4-5-10;2-1-3/h8-10H,2-7H2,1H3,(H,15,18);/t9-;/m0./s1. The van der Waals surface area contributed by atoms with Crippen LogP contribution in [0.25, 0.3) is 0 Å². The van der Waals surface area contributed by atoms with Crippen molar-refractivity contribution in [3.05, 3.63) is 16.1 Å². The van der Waals surface area contributed by atoms with Crippen molar-refractivity contribution in [1.82, 2.24) is 15.2 Å². The Morgan fingerprint density at radius 3 is 2.65 bits per heavy atom. The van der Waals surface area contributed by atoms with Gasteiger partial charge in [-0.3, -0.25) is 9.59 Å². The third-order valence-corrected chi connectivity index (χ3v) is 4.82. The Morgan fingerprint density at radius 1 is 1.39 bits per heavy atom. The van der Waals surface area contributed by atoms with E-state index in [0.717, 1.165) is 25.9 Å². The number of likely N-dealkylation sites (tertiary alicyclic amines) is 1. The monoisotopic (exact) mass is 337 g/mol. The number of amides is 2. The van der Waals surface area contributed by atoms with Crippen LogP contribution in [0.4, 0.5) is 0 Å². The van der Waals surface area contributed by atoms with E-state index in [-0.39, 0.29) is 24.0 Å². The molecular weight excluding hydrogens is 318 g/mol. The topological polar surface area (TPSA) is 96.4 Å². The number of carbonyl (C=O) groups is 2. The second-order valence-electron chi connectivity index (χ2n) is 5.76. The minimum Gasteiger partial charge on any atom is -0.350 e. The molecule has 1 aromatic rings. The molecule has 2 fully saturated rings. The first kappa shape index (κ1) is 17.3. The summed E-state index contributed by atoms with van der Waals surface area (Å²) in [6.07, 6.45) is 4.75. The van der Waals surface area contributed by atoms with Crippen molar-refractivity contribution in [2.75, 3.05) is 13.1 Å². The number of carbonyl (C=O) groups excluding carboxylic acids is 4. The summed E-state index contributed by atoms with van der Waals surface area (Å²) in [6, 6.07) is 0.274. The Bertz CT molecular complexity index is 606. The van der Waals surface area contributed by atoms with Gasteiger partial charge < -0.3 is 10.2 Å². The van der Waals surface area contributed by atoms with E-state index in [1.807, 2.05) is 4.90 Å². The Labute approximate surface area is 138 Å². The summed E-state index contributed by atoms with van der Waals surface area (Å²) in [7, 11) is 0. The molecule has 2 heterocycles. The summed E-state index contributed by atoms with van der Waals surface area (Å²) in [5.41, 5.74) is 0.403. The fraction of sp³-hybridized carbons (Fsp3) is 0.600. The minimum atomic E-state index is -0.157. The Hall–Kier alpha value is -2.05. The molecule has 0 bridgehead atoms. The third kappa shape index (κ3) is 4.71. The summed E-state index contributed by atoms with van der Waals surface area (Å²) in [5, 5.41) is 4.96. The maximum atomic E-state index is 12.3. The van der Waals surface area contributed by atoms with Gasteiger partial charge in [-0.1, -0.05) is 0 Å². The molecule has 1 N–H and O–H groups in total. The summed E-state index contributed by atoms with van der Waals surface area (Å²) in [6.45, 7) is 3.58. The zero-order valence-corrected chi connectivity index (χ0v) is 13.7. The van der Waals surface area contributed by atoms with Gasteiger partial charge in [0.05, 0.1) is 0 Å². The number of rotatable bonds is 4. The Kier molecular flexibility index (Phi) is 6.01. The van der Waals surface area contributed by atoms with Crippen molar-refractivity contribution >= 4 is 29.3 Å². The maximum absolute atomic E-state index is 12.3. The maximum Gasteiger partial charge on any atom is 0.373 e. The predicted molar refractivity (Wildman–Crippen MR) is 81.9 cm³/mol. The highest BCUT2D eigenvalue weighted by molar-refractivity contribution is 7.11. The van der Waals surface area contributed by atoms with Gasteiger partial charge in [-0.2, -0.15) is 9.59 Å². The second kappa shape index (κ2) is 7.99. The van der Waals surface area contributed by atoms with Crippen LogP contribution < -0.4 is 5.32 Å². The van der Waals surface area contributed by atoms with Crippen molar-refractivity contribution in [2.24, 2.45) is 5.92 Å². The zero-order valence-electron chi connectivity index (χ0n) is 12.9. The lowest BCUT2D eigenvalue weighted by atomic mass is 10.2. The van der Waals surface area contributed by atoms with Crippen molar-refractivity contribution in [3.8, 4) is 0 Å². The van der Waals surface area contributed by atoms with Crippen molar-refractivity contribution in [2.45, 2.75) is 38.6 Å². The van der Waals surface area contributed by atoms with E-state index in [2.05, 4.69) is 17.2 Å². The first-order valence-electron chi connectivity index (χ1n) is 7.60. The summed E-state index contributed by atoms with van der Waals surface area (Å²) < 4.78 is 0. The fourth-order valence-corrected chi connectivity index (χ4v) is 3.20. The number of nitrogens with zero attached hydrogens (tertiary/aromatic N) is 2. The van der Waals surface area contributed by atoms with Crippen molar-refractivity contribution < 1.29 is 19.2 Å². The molecular formula is C15H19N3O4S. The van der Waals surface area contributed by atoms with Gasteiger partial charge in [-0.05, 0) is 38.5 Å². The molecule has 1 saturated heterocycles. The molecule has 0 spiro atoms. The summed E-state index contributed by atoms with van der Waals surface area (Å²) in [4.78, 5) is 46.5. The van der Waals surface area contributed by atoms with Crippen LogP contribution in [0.5, 0.6) is 0 Å². The van der Waals surface area contributed by atoms with Crippen LogP contribution in [0.15, 0.2) is 5.38 Å². The van der Waals surface area contributed by atoms with Gasteiger partial charge in [0, 0.05) is 24.5 Å². The van der Waals surface area contributed by atoms with Gasteiger partial charge in [-0.25, -0.2) is 4.98 Å². The average molecular weight is 337 g/mol. The number of nitrogens with one attached hydrogen (secondary N) is 1. The first-order chi connectivity index (χ1) is 11.1. The molecule has 7 nitrogen and oxygen atoms in total. The van der Waals surface area contributed by atoms with Crippen molar-refractivity contribution in [3.63, 3.8) is 0 Å². The quantitative estimate of drug-likeness (QED) is 0.894. The molecule has 1 saturated carbocycles. The molecule has 23 heavy (non-hydrogen) atoms. The smallest absolute Gasteiger partial charge is 0.350 e. The molecule has 0 unspecified atom stereocenters. The van der Waals surface area contributed by atoms with E-state index in [0.29, 0.717) is 16.6 Å². The molecule has 2 aliphatic rings. The molecule has 2 amide bonds. The highest BCUT2D eigenvalue weighted by Crippen LogP contribution is 2.27. The van der Waals surface area contributed by atoms with Gasteiger partial charge in [0.15, 0.2) is 5.01 Å². The molecule has 1 aliphatic carbocycles. The molecule has 1 aromatic heterocycles. The molecule has 3 rings (SSSR count). The van der Waals surface area contributed by atoms with E-state index in [4.69, 9.17) is 9.59 Å². The number of thiazole rings is 1. The lowest BCUT2D eigenvalue weighted by Gasteiger charge is -2.19. The Balaban J connectivity index is 0.000000595. The van der Waals surface area contributed by atoms with Crippen LogP contribution in [0.3, 0.4) is 0 Å². The minimum absolute atomic E-state index is 0.0486. The van der Waals surface area contributed by atoms with Crippen LogP contribution in [0, 0.1) is 5.92 Å². The average Bonchev–Trinajstić information content (AvgIpc) is 3.05. The van der Waals surface area contributed by atoms with Crippen LogP contribution >= 0.6 is 11.3 Å². The van der Waals surface area contributed by atoms with E-state index in [1.54, 1.807) is 5.38 Å². The van der Waals surface area contributed by atoms with Gasteiger partial charge >= 0.3 is 6.15 Å². The molecule has 8 heteroatoms. The van der Waals surface area contributed by atoms with Crippen LogP contribution in [0.2, 0.25) is 0 Å². The molecule has 0 radical (unpaired) electrons. The van der Waals surface area contributed by atoms with Crippen LogP contribution in [0.1, 0.15) is 52.9 Å². The van der Waals surface area contributed by atoms with E-state index in [1.165, 1.54) is 24.2 Å². The largest absolute Gasteiger partial charge is 0.373 e. The van der Waals surface area contributed by atoms with Crippen LogP contribution in [-0.4, -0.2) is 47.0 Å². The van der Waals surface area contributed by atoms with Gasteiger partial charge in [0.25, 0.3) is 11.8 Å². The van der Waals surface area contributed by atoms with E-state index in [9.17, 15) is 9.59 Å². The molecule has 124 valence electrons. The summed E-state index contributed by atoms with van der Waals surface area (Å²) >= 11 is 1.25. The highest BCUT2D eigenvalue weighted by Gasteiger charge is 2.28. The van der Waals surface area contributed by atoms with Gasteiger partial charge in [0.1, 0.15) is 5.69 Å². The number of aromatic nitrogens is 1. The first-order valence-corrected chi connectivity index (χ1v) is 8.48. The van der Waals surface area contributed by atoms with E-state index < -0.39 is 0 Å². The lowest BCUT2D eigenvalue weighted by Crippen LogP contribution is -2.34. The molecule has 0 aromatic carbocycles. The lowest BCUT2D eigenvalue weighted by molar-refractivity contribution is -0.191. The van der Waals surface area contributed by atoms with Gasteiger partial charge in [-0.15, -0.1) is 11.3 Å². The van der Waals surface area contributed by atoms with Crippen molar-refractivity contribution in [1.29, 1.82) is 0 Å². The summed E-state index contributed by atoms with van der Waals surface area (Å²) in [5.74, 6) is 0.438. The normalized spacial score (nSPS) is 19.5. The number of hydrogen-bond acceptors (Lipinski definition) is 6. The Morgan fingerprint density at radius 2 is 2.09 bits per heavy atom. The zero-order chi connectivity index (χ0) is 16.8. The third-order valence-electron chi connectivity index (χ3n) is 3.98. The molecule has 1 atom stereocenters. The SMILES string of the molecule is C[C@H]1CCCN1C(=O)c1csc(C(=O)NCC2CC2)n1.O=C=O.